The molecule has 4 heteroatoms. The Kier molecular flexibility index (Phi) is 4.06. The first-order valence-corrected chi connectivity index (χ1v) is 7.88. The molecule has 2 aliphatic heterocycles. The number of anilines is 1. The van der Waals surface area contributed by atoms with Gasteiger partial charge < -0.3 is 14.8 Å². The zero-order chi connectivity index (χ0) is 13.1. The van der Waals surface area contributed by atoms with Crippen LogP contribution in [0.1, 0.15) is 39.0 Å². The molecule has 2 saturated heterocycles. The van der Waals surface area contributed by atoms with Crippen LogP contribution in [0.15, 0.2) is 12.4 Å². The monoisotopic (exact) mass is 262 g/mol. The van der Waals surface area contributed by atoms with Crippen LogP contribution in [0.4, 0.5) is 5.95 Å². The van der Waals surface area contributed by atoms with Gasteiger partial charge in [-0.1, -0.05) is 6.92 Å². The molecule has 19 heavy (non-hydrogen) atoms. The zero-order valence-corrected chi connectivity index (χ0v) is 12.0. The molecule has 2 unspecified atom stereocenters. The summed E-state index contributed by atoms with van der Waals surface area (Å²) < 4.78 is 2.31. The molecule has 2 fully saturated rings. The minimum absolute atomic E-state index is 0.748. The second kappa shape index (κ2) is 5.95. The van der Waals surface area contributed by atoms with Crippen molar-refractivity contribution in [2.24, 2.45) is 5.92 Å². The van der Waals surface area contributed by atoms with Gasteiger partial charge in [0.2, 0.25) is 5.95 Å². The highest BCUT2D eigenvalue weighted by molar-refractivity contribution is 5.32. The summed E-state index contributed by atoms with van der Waals surface area (Å²) in [5, 5.41) is 3.68. The van der Waals surface area contributed by atoms with Gasteiger partial charge in [0.1, 0.15) is 0 Å². The maximum Gasteiger partial charge on any atom is 0.205 e. The number of rotatable bonds is 4. The fraction of sp³-hybridized carbons (Fsp3) is 0.800. The molecule has 106 valence electrons. The quantitative estimate of drug-likeness (QED) is 0.903. The van der Waals surface area contributed by atoms with Crippen molar-refractivity contribution in [2.75, 3.05) is 24.5 Å². The number of hydrogen-bond donors (Lipinski definition) is 1. The Balaban J connectivity index is 1.68. The summed E-state index contributed by atoms with van der Waals surface area (Å²) in [7, 11) is 0. The average molecular weight is 262 g/mol. The van der Waals surface area contributed by atoms with Crippen molar-refractivity contribution in [3.8, 4) is 0 Å². The fourth-order valence-corrected chi connectivity index (χ4v) is 3.63. The standard InChI is InChI=1S/C15H26N4/c1-2-9-18-11-8-17-15(18)19-10-4-5-13(12-19)14-6-3-7-16-14/h8,11,13-14,16H,2-7,9-10,12H2,1H3. The van der Waals surface area contributed by atoms with E-state index in [1.807, 2.05) is 6.20 Å². The average Bonchev–Trinajstić information content (AvgIpc) is 3.10. The van der Waals surface area contributed by atoms with Crippen LogP contribution in [0.25, 0.3) is 0 Å². The van der Waals surface area contributed by atoms with E-state index in [1.54, 1.807) is 0 Å². The molecule has 0 spiro atoms. The van der Waals surface area contributed by atoms with Crippen molar-refractivity contribution in [1.82, 2.24) is 14.9 Å². The van der Waals surface area contributed by atoms with Crippen LogP contribution in [-0.2, 0) is 6.54 Å². The van der Waals surface area contributed by atoms with Crippen LogP contribution in [0.2, 0.25) is 0 Å². The van der Waals surface area contributed by atoms with E-state index in [-0.39, 0.29) is 0 Å². The number of nitrogens with one attached hydrogen (secondary N) is 1. The summed E-state index contributed by atoms with van der Waals surface area (Å²) >= 11 is 0. The summed E-state index contributed by atoms with van der Waals surface area (Å²) in [5.74, 6) is 1.99. The molecule has 1 N–H and O–H groups in total. The first-order valence-electron chi connectivity index (χ1n) is 7.88. The van der Waals surface area contributed by atoms with E-state index in [0.717, 1.165) is 18.5 Å². The molecule has 1 aromatic rings. The van der Waals surface area contributed by atoms with Crippen LogP contribution in [0.3, 0.4) is 0 Å². The Bertz CT molecular complexity index is 395. The predicted molar refractivity (Wildman–Crippen MR) is 78.5 cm³/mol. The minimum Gasteiger partial charge on any atom is -0.342 e. The molecular weight excluding hydrogens is 236 g/mol. The lowest BCUT2D eigenvalue weighted by molar-refractivity contribution is 0.325. The topological polar surface area (TPSA) is 33.1 Å². The predicted octanol–water partition coefficient (Wildman–Crippen LogP) is 2.26. The van der Waals surface area contributed by atoms with Gasteiger partial charge in [-0.3, -0.25) is 0 Å². The van der Waals surface area contributed by atoms with E-state index in [0.29, 0.717) is 0 Å². The summed E-state index contributed by atoms with van der Waals surface area (Å²) in [6.07, 6.45) is 10.6. The van der Waals surface area contributed by atoms with E-state index >= 15 is 0 Å². The molecular formula is C15H26N4. The lowest BCUT2D eigenvalue weighted by Crippen LogP contribution is -2.44. The molecule has 2 aliphatic rings. The van der Waals surface area contributed by atoms with Gasteiger partial charge in [-0.15, -0.1) is 0 Å². The maximum atomic E-state index is 4.59. The third-order valence-electron chi connectivity index (χ3n) is 4.57. The van der Waals surface area contributed by atoms with Gasteiger partial charge in [-0.05, 0) is 44.6 Å². The van der Waals surface area contributed by atoms with Crippen LogP contribution >= 0.6 is 0 Å². The summed E-state index contributed by atoms with van der Waals surface area (Å²) in [6.45, 7) is 6.87. The molecule has 4 nitrogen and oxygen atoms in total. The molecule has 3 heterocycles. The highest BCUT2D eigenvalue weighted by Gasteiger charge is 2.30. The largest absolute Gasteiger partial charge is 0.342 e. The van der Waals surface area contributed by atoms with E-state index in [9.17, 15) is 0 Å². The van der Waals surface area contributed by atoms with E-state index < -0.39 is 0 Å². The number of aromatic nitrogens is 2. The minimum atomic E-state index is 0.748. The number of nitrogens with zero attached hydrogens (tertiary/aromatic N) is 3. The highest BCUT2D eigenvalue weighted by Crippen LogP contribution is 2.27. The number of hydrogen-bond acceptors (Lipinski definition) is 3. The fourth-order valence-electron chi connectivity index (χ4n) is 3.63. The normalized spacial score (nSPS) is 27.9. The molecule has 0 bridgehead atoms. The van der Waals surface area contributed by atoms with Gasteiger partial charge in [0.15, 0.2) is 0 Å². The molecule has 1 aromatic heterocycles. The highest BCUT2D eigenvalue weighted by atomic mass is 15.3. The maximum absolute atomic E-state index is 4.59. The first kappa shape index (κ1) is 13.0. The van der Waals surface area contributed by atoms with Crippen molar-refractivity contribution >= 4 is 5.95 Å². The van der Waals surface area contributed by atoms with Gasteiger partial charge >= 0.3 is 0 Å². The van der Waals surface area contributed by atoms with Gasteiger partial charge in [-0.25, -0.2) is 4.98 Å². The second-order valence-electron chi connectivity index (χ2n) is 5.97. The van der Waals surface area contributed by atoms with Crippen molar-refractivity contribution in [3.63, 3.8) is 0 Å². The molecule has 0 saturated carbocycles. The Morgan fingerprint density at radius 3 is 3.11 bits per heavy atom. The van der Waals surface area contributed by atoms with E-state index in [4.69, 9.17) is 0 Å². The van der Waals surface area contributed by atoms with Crippen molar-refractivity contribution in [1.29, 1.82) is 0 Å². The Morgan fingerprint density at radius 2 is 2.32 bits per heavy atom. The molecule has 2 atom stereocenters. The third-order valence-corrected chi connectivity index (χ3v) is 4.57. The molecule has 0 radical (unpaired) electrons. The lowest BCUT2D eigenvalue weighted by Gasteiger charge is -2.36. The van der Waals surface area contributed by atoms with Gasteiger partial charge in [0.05, 0.1) is 0 Å². The Labute approximate surface area is 116 Å². The smallest absolute Gasteiger partial charge is 0.205 e. The second-order valence-corrected chi connectivity index (χ2v) is 5.97. The number of piperidine rings is 1. The van der Waals surface area contributed by atoms with Crippen molar-refractivity contribution in [2.45, 2.75) is 51.6 Å². The van der Waals surface area contributed by atoms with E-state index in [1.165, 1.54) is 57.7 Å². The van der Waals surface area contributed by atoms with E-state index in [2.05, 4.69) is 32.9 Å². The molecule has 0 aliphatic carbocycles. The summed E-state index contributed by atoms with van der Waals surface area (Å²) in [6, 6.07) is 0.748. The van der Waals surface area contributed by atoms with Crippen LogP contribution < -0.4 is 10.2 Å². The molecule has 0 amide bonds. The van der Waals surface area contributed by atoms with Gasteiger partial charge in [0, 0.05) is 38.1 Å². The SMILES string of the molecule is CCCn1ccnc1N1CCCC(C2CCCN2)C1. The van der Waals surface area contributed by atoms with Gasteiger partial charge in [0.25, 0.3) is 0 Å². The van der Waals surface area contributed by atoms with Crippen LogP contribution in [-0.4, -0.2) is 35.2 Å². The number of aryl methyl sites for hydroxylation is 1. The Morgan fingerprint density at radius 1 is 1.37 bits per heavy atom. The summed E-state index contributed by atoms with van der Waals surface area (Å²) in [4.78, 5) is 7.09. The van der Waals surface area contributed by atoms with Crippen molar-refractivity contribution < 1.29 is 0 Å². The van der Waals surface area contributed by atoms with Crippen LogP contribution in [0, 0.1) is 5.92 Å². The first-order chi connectivity index (χ1) is 9.38. The molecule has 3 rings (SSSR count). The van der Waals surface area contributed by atoms with Crippen molar-refractivity contribution in [3.05, 3.63) is 12.4 Å². The lowest BCUT2D eigenvalue weighted by atomic mass is 9.90. The zero-order valence-electron chi connectivity index (χ0n) is 12.0. The number of imidazole rings is 1. The Hall–Kier alpha value is -1.03. The van der Waals surface area contributed by atoms with Gasteiger partial charge in [-0.2, -0.15) is 0 Å². The third kappa shape index (κ3) is 2.78. The van der Waals surface area contributed by atoms with Crippen LogP contribution in [0.5, 0.6) is 0 Å². The molecule has 0 aromatic carbocycles. The summed E-state index contributed by atoms with van der Waals surface area (Å²) in [5.41, 5.74) is 0.